The number of nitrogens with one attached hydrogen (secondary N) is 2. The number of ether oxygens (including phenoxy) is 2. The van der Waals surface area contributed by atoms with Crippen LogP contribution in [0.5, 0.6) is 0 Å². The molecule has 1 amide bonds. The van der Waals surface area contributed by atoms with Gasteiger partial charge in [0.1, 0.15) is 0 Å². The van der Waals surface area contributed by atoms with Gasteiger partial charge in [-0.15, -0.1) is 0 Å². The number of halogens is 1. The SMILES string of the molecule is COCCNCC(=O)NCC(OC)c1cccc(Cl)c1. The summed E-state index contributed by atoms with van der Waals surface area (Å²) in [4.78, 5) is 11.6. The molecule has 0 aliphatic heterocycles. The normalized spacial score (nSPS) is 12.2. The van der Waals surface area contributed by atoms with E-state index in [0.29, 0.717) is 24.7 Å². The summed E-state index contributed by atoms with van der Waals surface area (Å²) in [6, 6.07) is 7.41. The van der Waals surface area contributed by atoms with Crippen molar-refractivity contribution in [3.8, 4) is 0 Å². The van der Waals surface area contributed by atoms with Gasteiger partial charge in [0.2, 0.25) is 5.91 Å². The van der Waals surface area contributed by atoms with Gasteiger partial charge in [0.25, 0.3) is 0 Å². The topological polar surface area (TPSA) is 59.6 Å². The van der Waals surface area contributed by atoms with Gasteiger partial charge in [0.05, 0.1) is 19.3 Å². The van der Waals surface area contributed by atoms with E-state index in [-0.39, 0.29) is 18.6 Å². The highest BCUT2D eigenvalue weighted by atomic mass is 35.5. The summed E-state index contributed by atoms with van der Waals surface area (Å²) < 4.78 is 10.3. The van der Waals surface area contributed by atoms with Crippen molar-refractivity contribution in [3.05, 3.63) is 34.9 Å². The molecule has 0 heterocycles. The van der Waals surface area contributed by atoms with Crippen LogP contribution in [0.2, 0.25) is 5.02 Å². The van der Waals surface area contributed by atoms with Gasteiger partial charge < -0.3 is 20.1 Å². The quantitative estimate of drug-likeness (QED) is 0.677. The van der Waals surface area contributed by atoms with Crippen LogP contribution in [0, 0.1) is 0 Å². The summed E-state index contributed by atoms with van der Waals surface area (Å²) in [7, 11) is 3.23. The molecular formula is C14H21ClN2O3. The molecule has 0 aliphatic carbocycles. The van der Waals surface area contributed by atoms with E-state index in [1.807, 2.05) is 18.2 Å². The number of amides is 1. The van der Waals surface area contributed by atoms with Crippen molar-refractivity contribution in [2.75, 3.05) is 40.5 Å². The molecule has 0 fully saturated rings. The highest BCUT2D eigenvalue weighted by Crippen LogP contribution is 2.19. The van der Waals surface area contributed by atoms with Crippen molar-refractivity contribution >= 4 is 17.5 Å². The first kappa shape index (κ1) is 16.9. The van der Waals surface area contributed by atoms with Gasteiger partial charge in [-0.25, -0.2) is 0 Å². The molecule has 0 bridgehead atoms. The fourth-order valence-electron chi connectivity index (χ4n) is 1.69. The lowest BCUT2D eigenvalue weighted by atomic mass is 10.1. The highest BCUT2D eigenvalue weighted by Gasteiger charge is 2.12. The molecule has 5 nitrogen and oxygen atoms in total. The highest BCUT2D eigenvalue weighted by molar-refractivity contribution is 6.30. The third-order valence-electron chi connectivity index (χ3n) is 2.76. The number of benzene rings is 1. The van der Waals surface area contributed by atoms with Gasteiger partial charge in [0.15, 0.2) is 0 Å². The van der Waals surface area contributed by atoms with Crippen LogP contribution in [0.4, 0.5) is 0 Å². The average Bonchev–Trinajstić information content (AvgIpc) is 2.44. The van der Waals surface area contributed by atoms with Gasteiger partial charge in [-0.1, -0.05) is 23.7 Å². The molecule has 1 rings (SSSR count). The first-order valence-electron chi connectivity index (χ1n) is 6.42. The minimum absolute atomic E-state index is 0.0785. The molecule has 0 aliphatic rings. The number of carbonyl (C=O) groups is 1. The Hall–Kier alpha value is -1.14. The van der Waals surface area contributed by atoms with Crippen LogP contribution in [0.25, 0.3) is 0 Å². The van der Waals surface area contributed by atoms with Crippen molar-refractivity contribution in [3.63, 3.8) is 0 Å². The molecule has 1 aromatic rings. The van der Waals surface area contributed by atoms with E-state index in [4.69, 9.17) is 21.1 Å². The molecule has 20 heavy (non-hydrogen) atoms. The molecule has 0 spiro atoms. The fourth-order valence-corrected chi connectivity index (χ4v) is 1.89. The molecule has 0 aromatic heterocycles. The Morgan fingerprint density at radius 1 is 1.40 bits per heavy atom. The summed E-state index contributed by atoms with van der Waals surface area (Å²) in [5, 5.41) is 6.45. The lowest BCUT2D eigenvalue weighted by Gasteiger charge is -2.17. The minimum atomic E-state index is -0.211. The molecule has 1 aromatic carbocycles. The number of rotatable bonds is 9. The van der Waals surface area contributed by atoms with Crippen LogP contribution >= 0.6 is 11.6 Å². The van der Waals surface area contributed by atoms with Gasteiger partial charge in [-0.2, -0.15) is 0 Å². The standard InChI is InChI=1S/C14H21ClN2O3/c1-19-7-6-16-10-14(18)17-9-13(20-2)11-4-3-5-12(15)8-11/h3-5,8,13,16H,6-7,9-10H2,1-2H3,(H,17,18). The van der Waals surface area contributed by atoms with E-state index in [2.05, 4.69) is 10.6 Å². The molecule has 0 radical (unpaired) electrons. The fraction of sp³-hybridized carbons (Fsp3) is 0.500. The van der Waals surface area contributed by atoms with Crippen LogP contribution in [0.3, 0.4) is 0 Å². The van der Waals surface area contributed by atoms with Gasteiger partial charge >= 0.3 is 0 Å². The Kier molecular flexibility index (Phi) is 8.22. The summed E-state index contributed by atoms with van der Waals surface area (Å²) >= 11 is 5.94. The van der Waals surface area contributed by atoms with Crippen LogP contribution in [-0.2, 0) is 14.3 Å². The second kappa shape index (κ2) is 9.72. The summed E-state index contributed by atoms with van der Waals surface area (Å²) in [5.74, 6) is -0.0785. The summed E-state index contributed by atoms with van der Waals surface area (Å²) in [6.45, 7) is 1.89. The smallest absolute Gasteiger partial charge is 0.234 e. The first-order chi connectivity index (χ1) is 9.67. The molecule has 6 heteroatoms. The van der Waals surface area contributed by atoms with Crippen LogP contribution in [0.1, 0.15) is 11.7 Å². The third kappa shape index (κ3) is 6.34. The Morgan fingerprint density at radius 2 is 2.20 bits per heavy atom. The molecule has 1 atom stereocenters. The van der Waals surface area contributed by atoms with Gasteiger partial charge in [-0.3, -0.25) is 4.79 Å². The van der Waals surface area contributed by atoms with Crippen molar-refractivity contribution in [2.24, 2.45) is 0 Å². The van der Waals surface area contributed by atoms with Crippen LogP contribution in [0.15, 0.2) is 24.3 Å². The second-order valence-corrected chi connectivity index (χ2v) is 4.69. The maximum atomic E-state index is 11.6. The molecule has 0 saturated carbocycles. The lowest BCUT2D eigenvalue weighted by molar-refractivity contribution is -0.120. The van der Waals surface area contributed by atoms with Crippen molar-refractivity contribution in [2.45, 2.75) is 6.10 Å². The largest absolute Gasteiger partial charge is 0.383 e. The predicted molar refractivity (Wildman–Crippen MR) is 79.0 cm³/mol. The first-order valence-corrected chi connectivity index (χ1v) is 6.79. The lowest BCUT2D eigenvalue weighted by Crippen LogP contribution is -2.37. The zero-order valence-corrected chi connectivity index (χ0v) is 12.6. The zero-order chi connectivity index (χ0) is 14.8. The second-order valence-electron chi connectivity index (χ2n) is 4.25. The molecule has 1 unspecified atom stereocenters. The van der Waals surface area contributed by atoms with Crippen molar-refractivity contribution in [1.29, 1.82) is 0 Å². The van der Waals surface area contributed by atoms with Crippen molar-refractivity contribution < 1.29 is 14.3 Å². The van der Waals surface area contributed by atoms with Gasteiger partial charge in [0, 0.05) is 32.3 Å². The van der Waals surface area contributed by atoms with Gasteiger partial charge in [-0.05, 0) is 17.7 Å². The third-order valence-corrected chi connectivity index (χ3v) is 2.99. The monoisotopic (exact) mass is 300 g/mol. The average molecular weight is 301 g/mol. The van der Waals surface area contributed by atoms with E-state index in [9.17, 15) is 4.79 Å². The van der Waals surface area contributed by atoms with E-state index in [0.717, 1.165) is 5.56 Å². The predicted octanol–water partition coefficient (Wildman–Crippen LogP) is 1.38. The Labute approximate surface area is 124 Å². The molecule has 2 N–H and O–H groups in total. The Morgan fingerprint density at radius 3 is 2.85 bits per heavy atom. The zero-order valence-electron chi connectivity index (χ0n) is 11.8. The van der Waals surface area contributed by atoms with E-state index in [1.165, 1.54) is 0 Å². The minimum Gasteiger partial charge on any atom is -0.383 e. The molecule has 112 valence electrons. The van der Waals surface area contributed by atoms with Crippen LogP contribution in [-0.4, -0.2) is 46.4 Å². The van der Waals surface area contributed by atoms with E-state index >= 15 is 0 Å². The molecular weight excluding hydrogens is 280 g/mol. The number of hydrogen-bond acceptors (Lipinski definition) is 4. The number of carbonyl (C=O) groups excluding carboxylic acids is 1. The Bertz CT molecular complexity index is 415. The maximum Gasteiger partial charge on any atom is 0.234 e. The Balaban J connectivity index is 2.36. The number of hydrogen-bond donors (Lipinski definition) is 2. The van der Waals surface area contributed by atoms with E-state index in [1.54, 1.807) is 20.3 Å². The van der Waals surface area contributed by atoms with Crippen LogP contribution < -0.4 is 10.6 Å². The van der Waals surface area contributed by atoms with E-state index < -0.39 is 0 Å². The molecule has 0 saturated heterocycles. The van der Waals surface area contributed by atoms with Crippen molar-refractivity contribution in [1.82, 2.24) is 10.6 Å². The number of methoxy groups -OCH3 is 2. The summed E-state index contributed by atoms with van der Waals surface area (Å²) in [5.41, 5.74) is 0.938. The summed E-state index contributed by atoms with van der Waals surface area (Å²) in [6.07, 6.45) is -0.211. The maximum absolute atomic E-state index is 11.6.